The SMILES string of the molecule is CCN(C(C)CNCc1ccco1)C(C)CN(C)C. The minimum Gasteiger partial charge on any atom is -0.468 e. The van der Waals surface area contributed by atoms with Gasteiger partial charge in [-0.25, -0.2) is 0 Å². The third-order valence-corrected chi connectivity index (χ3v) is 3.45. The number of furan rings is 1. The van der Waals surface area contributed by atoms with E-state index in [-0.39, 0.29) is 0 Å². The molecule has 1 aromatic heterocycles. The number of nitrogens with zero attached hydrogens (tertiary/aromatic N) is 2. The number of hydrogen-bond acceptors (Lipinski definition) is 4. The van der Waals surface area contributed by atoms with Gasteiger partial charge < -0.3 is 14.6 Å². The summed E-state index contributed by atoms with van der Waals surface area (Å²) in [6.07, 6.45) is 1.72. The fourth-order valence-corrected chi connectivity index (χ4v) is 2.63. The van der Waals surface area contributed by atoms with Crippen molar-refractivity contribution in [2.45, 2.75) is 39.4 Å². The molecule has 4 heteroatoms. The average molecular weight is 267 g/mol. The van der Waals surface area contributed by atoms with Crippen LogP contribution in [0.2, 0.25) is 0 Å². The molecule has 110 valence electrons. The molecule has 2 unspecified atom stereocenters. The summed E-state index contributed by atoms with van der Waals surface area (Å²) < 4.78 is 5.32. The van der Waals surface area contributed by atoms with Gasteiger partial charge in [0.25, 0.3) is 0 Å². The van der Waals surface area contributed by atoms with Crippen molar-refractivity contribution < 1.29 is 4.42 Å². The molecule has 2 atom stereocenters. The van der Waals surface area contributed by atoms with E-state index in [4.69, 9.17) is 4.42 Å². The first kappa shape index (κ1) is 16.2. The monoisotopic (exact) mass is 267 g/mol. The summed E-state index contributed by atoms with van der Waals surface area (Å²) in [5, 5.41) is 3.46. The molecule has 0 amide bonds. The standard InChI is InChI=1S/C15H29N3O/c1-6-18(14(3)12-17(4)5)13(2)10-16-11-15-8-7-9-19-15/h7-9,13-14,16H,6,10-12H2,1-5H3. The van der Waals surface area contributed by atoms with Crippen LogP contribution in [0.15, 0.2) is 22.8 Å². The predicted octanol–water partition coefficient (Wildman–Crippen LogP) is 2.03. The summed E-state index contributed by atoms with van der Waals surface area (Å²) in [5.74, 6) is 0.997. The lowest BCUT2D eigenvalue weighted by Crippen LogP contribution is -2.48. The van der Waals surface area contributed by atoms with Gasteiger partial charge in [0, 0.05) is 25.2 Å². The zero-order valence-electron chi connectivity index (χ0n) is 13.0. The topological polar surface area (TPSA) is 31.6 Å². The molecule has 0 aliphatic heterocycles. The van der Waals surface area contributed by atoms with E-state index >= 15 is 0 Å². The van der Waals surface area contributed by atoms with Crippen LogP contribution in [-0.2, 0) is 6.54 Å². The zero-order valence-corrected chi connectivity index (χ0v) is 13.0. The summed E-state index contributed by atoms with van der Waals surface area (Å²) in [6, 6.07) is 5.03. The first-order valence-electron chi connectivity index (χ1n) is 7.18. The van der Waals surface area contributed by atoms with Gasteiger partial charge in [0.15, 0.2) is 0 Å². The first-order valence-corrected chi connectivity index (χ1v) is 7.18. The quantitative estimate of drug-likeness (QED) is 0.742. The Morgan fingerprint density at radius 1 is 1.26 bits per heavy atom. The lowest BCUT2D eigenvalue weighted by molar-refractivity contribution is 0.134. The molecule has 0 aromatic carbocycles. The van der Waals surface area contributed by atoms with Crippen LogP contribution in [-0.4, -0.2) is 55.6 Å². The highest BCUT2D eigenvalue weighted by atomic mass is 16.3. The summed E-state index contributed by atoms with van der Waals surface area (Å²) >= 11 is 0. The Morgan fingerprint density at radius 3 is 2.53 bits per heavy atom. The fourth-order valence-electron chi connectivity index (χ4n) is 2.63. The molecule has 0 saturated heterocycles. The molecule has 1 aromatic rings. The highest BCUT2D eigenvalue weighted by Gasteiger charge is 2.18. The second kappa shape index (κ2) is 8.35. The average Bonchev–Trinajstić information content (AvgIpc) is 2.82. The maximum Gasteiger partial charge on any atom is 0.117 e. The summed E-state index contributed by atoms with van der Waals surface area (Å²) in [4.78, 5) is 4.78. The summed E-state index contributed by atoms with van der Waals surface area (Å²) in [6.45, 7) is 10.8. The Hall–Kier alpha value is -0.840. The molecule has 1 rings (SSSR count). The normalized spacial score (nSPS) is 15.1. The molecule has 0 bridgehead atoms. The molecule has 0 aliphatic carbocycles. The minimum absolute atomic E-state index is 0.523. The van der Waals surface area contributed by atoms with Gasteiger partial charge in [0.2, 0.25) is 0 Å². The number of likely N-dealkylation sites (N-methyl/N-ethyl adjacent to an activating group) is 2. The largest absolute Gasteiger partial charge is 0.468 e. The third-order valence-electron chi connectivity index (χ3n) is 3.45. The van der Waals surface area contributed by atoms with Crippen molar-refractivity contribution in [1.29, 1.82) is 0 Å². The van der Waals surface area contributed by atoms with Crippen LogP contribution in [0, 0.1) is 0 Å². The van der Waals surface area contributed by atoms with Gasteiger partial charge in [0.1, 0.15) is 5.76 Å². The maximum absolute atomic E-state index is 5.32. The van der Waals surface area contributed by atoms with Crippen molar-refractivity contribution in [1.82, 2.24) is 15.1 Å². The van der Waals surface area contributed by atoms with E-state index in [9.17, 15) is 0 Å². The Bertz CT molecular complexity index is 324. The Balaban J connectivity index is 2.34. The van der Waals surface area contributed by atoms with Gasteiger partial charge in [-0.2, -0.15) is 0 Å². The fraction of sp³-hybridized carbons (Fsp3) is 0.733. The van der Waals surface area contributed by atoms with Crippen molar-refractivity contribution in [2.75, 3.05) is 33.7 Å². The molecule has 4 nitrogen and oxygen atoms in total. The van der Waals surface area contributed by atoms with Gasteiger partial charge in [-0.05, 0) is 46.6 Å². The van der Waals surface area contributed by atoms with E-state index in [0.717, 1.165) is 31.9 Å². The van der Waals surface area contributed by atoms with E-state index in [1.165, 1.54) is 0 Å². The van der Waals surface area contributed by atoms with Crippen LogP contribution in [0.1, 0.15) is 26.5 Å². The second-order valence-corrected chi connectivity index (χ2v) is 5.50. The Morgan fingerprint density at radius 2 is 2.00 bits per heavy atom. The lowest BCUT2D eigenvalue weighted by atomic mass is 10.2. The van der Waals surface area contributed by atoms with Crippen LogP contribution in [0.25, 0.3) is 0 Å². The Kier molecular flexibility index (Phi) is 7.13. The summed E-state index contributed by atoms with van der Waals surface area (Å²) in [7, 11) is 4.26. The van der Waals surface area contributed by atoms with Crippen molar-refractivity contribution in [3.63, 3.8) is 0 Å². The minimum atomic E-state index is 0.523. The van der Waals surface area contributed by atoms with Crippen LogP contribution in [0.5, 0.6) is 0 Å². The van der Waals surface area contributed by atoms with Crippen LogP contribution < -0.4 is 5.32 Å². The highest BCUT2D eigenvalue weighted by molar-refractivity contribution is 4.97. The van der Waals surface area contributed by atoms with Crippen LogP contribution >= 0.6 is 0 Å². The molecular weight excluding hydrogens is 238 g/mol. The molecule has 1 N–H and O–H groups in total. The van der Waals surface area contributed by atoms with Gasteiger partial charge >= 0.3 is 0 Å². The van der Waals surface area contributed by atoms with Crippen molar-refractivity contribution in [3.8, 4) is 0 Å². The Labute approximate surface area is 117 Å². The van der Waals surface area contributed by atoms with Gasteiger partial charge in [0.05, 0.1) is 12.8 Å². The van der Waals surface area contributed by atoms with Gasteiger partial charge in [-0.3, -0.25) is 4.90 Å². The molecule has 0 fully saturated rings. The van der Waals surface area contributed by atoms with E-state index in [1.807, 2.05) is 12.1 Å². The van der Waals surface area contributed by atoms with E-state index < -0.39 is 0 Å². The summed E-state index contributed by atoms with van der Waals surface area (Å²) in [5.41, 5.74) is 0. The van der Waals surface area contributed by atoms with Crippen molar-refractivity contribution in [3.05, 3.63) is 24.2 Å². The van der Waals surface area contributed by atoms with Crippen molar-refractivity contribution in [2.24, 2.45) is 0 Å². The smallest absolute Gasteiger partial charge is 0.117 e. The van der Waals surface area contributed by atoms with E-state index in [2.05, 4.69) is 50.0 Å². The van der Waals surface area contributed by atoms with Gasteiger partial charge in [-0.1, -0.05) is 6.92 Å². The van der Waals surface area contributed by atoms with Crippen LogP contribution in [0.4, 0.5) is 0 Å². The van der Waals surface area contributed by atoms with Gasteiger partial charge in [-0.15, -0.1) is 0 Å². The molecule has 0 aliphatic rings. The van der Waals surface area contributed by atoms with Crippen LogP contribution in [0.3, 0.4) is 0 Å². The number of rotatable bonds is 9. The highest BCUT2D eigenvalue weighted by Crippen LogP contribution is 2.06. The van der Waals surface area contributed by atoms with Crippen molar-refractivity contribution >= 4 is 0 Å². The number of hydrogen-bond donors (Lipinski definition) is 1. The molecule has 0 radical (unpaired) electrons. The molecular formula is C15H29N3O. The number of nitrogens with one attached hydrogen (secondary N) is 1. The first-order chi connectivity index (χ1) is 9.04. The lowest BCUT2D eigenvalue weighted by Gasteiger charge is -2.35. The molecule has 0 saturated carbocycles. The van der Waals surface area contributed by atoms with E-state index in [1.54, 1.807) is 6.26 Å². The van der Waals surface area contributed by atoms with E-state index in [0.29, 0.717) is 12.1 Å². The predicted molar refractivity (Wildman–Crippen MR) is 80.3 cm³/mol. The third kappa shape index (κ3) is 5.76. The second-order valence-electron chi connectivity index (χ2n) is 5.50. The molecule has 1 heterocycles. The molecule has 19 heavy (non-hydrogen) atoms. The molecule has 0 spiro atoms. The zero-order chi connectivity index (χ0) is 14.3. The maximum atomic E-state index is 5.32.